The molecule has 0 bridgehead atoms. The molecule has 0 atom stereocenters. The van der Waals surface area contributed by atoms with Crippen molar-refractivity contribution < 1.29 is 0 Å². The van der Waals surface area contributed by atoms with Gasteiger partial charge in [0.05, 0.1) is 0 Å². The lowest BCUT2D eigenvalue weighted by Gasteiger charge is -2.37. The Morgan fingerprint density at radius 1 is 1.45 bits per heavy atom. The van der Waals surface area contributed by atoms with Crippen molar-refractivity contribution in [3.05, 3.63) is 12.2 Å². The molecule has 2 heteroatoms. The number of halogens is 1. The summed E-state index contributed by atoms with van der Waals surface area (Å²) in [6, 6.07) is 0. The third kappa shape index (κ3) is 2.49. The van der Waals surface area contributed by atoms with Crippen LogP contribution < -0.4 is 0 Å². The number of rotatable bonds is 0. The zero-order valence-corrected chi connectivity index (χ0v) is 8.50. The van der Waals surface area contributed by atoms with Gasteiger partial charge in [-0.3, -0.25) is 0 Å². The molecule has 0 aromatic rings. The number of hydrogen-bond donors (Lipinski definition) is 0. The minimum atomic E-state index is 0. The average Bonchev–Trinajstić information content (AvgIpc) is 1.78. The van der Waals surface area contributed by atoms with E-state index >= 15 is 0 Å². The van der Waals surface area contributed by atoms with Crippen LogP contribution in [0.4, 0.5) is 0 Å². The van der Waals surface area contributed by atoms with E-state index in [1.54, 1.807) is 0 Å². The zero-order valence-electron chi connectivity index (χ0n) is 7.68. The van der Waals surface area contributed by atoms with Gasteiger partial charge in [-0.1, -0.05) is 26.0 Å². The lowest BCUT2D eigenvalue weighted by molar-refractivity contribution is 0.200. The number of piperidine rings is 1. The minimum Gasteiger partial charge on any atom is -0.305 e. The van der Waals surface area contributed by atoms with Gasteiger partial charge >= 0.3 is 0 Å². The summed E-state index contributed by atoms with van der Waals surface area (Å²) < 4.78 is 0. The summed E-state index contributed by atoms with van der Waals surface area (Å²) in [5.41, 5.74) is 1.75. The van der Waals surface area contributed by atoms with E-state index in [1.807, 2.05) is 0 Å². The van der Waals surface area contributed by atoms with E-state index in [0.29, 0.717) is 5.41 Å². The first kappa shape index (κ1) is 11.0. The van der Waals surface area contributed by atoms with E-state index in [-0.39, 0.29) is 12.4 Å². The molecule has 0 saturated carbocycles. The first-order valence-corrected chi connectivity index (χ1v) is 3.89. The van der Waals surface area contributed by atoms with Crippen LogP contribution in [0, 0.1) is 5.41 Å². The summed E-state index contributed by atoms with van der Waals surface area (Å²) in [6.45, 7) is 11.0. The van der Waals surface area contributed by atoms with Crippen molar-refractivity contribution >= 4 is 12.4 Å². The Balaban J connectivity index is 0.000001000. The van der Waals surface area contributed by atoms with Gasteiger partial charge in [0.1, 0.15) is 0 Å². The monoisotopic (exact) mass is 175 g/mol. The van der Waals surface area contributed by atoms with Crippen molar-refractivity contribution in [2.75, 3.05) is 20.1 Å². The Bertz CT molecular complexity index is 152. The highest BCUT2D eigenvalue weighted by Crippen LogP contribution is 2.31. The second kappa shape index (κ2) is 3.59. The second-order valence-corrected chi connectivity index (χ2v) is 3.98. The molecule has 0 aromatic heterocycles. The lowest BCUT2D eigenvalue weighted by atomic mass is 9.80. The Labute approximate surface area is 75.9 Å². The van der Waals surface area contributed by atoms with Gasteiger partial charge in [0.15, 0.2) is 0 Å². The summed E-state index contributed by atoms with van der Waals surface area (Å²) in [5.74, 6) is 0. The standard InChI is InChI=1S/C9H17N.ClH/c1-8-5-6-10(4)7-9(8,2)3;/h1,5-7H2,2-4H3;1H. The molecule has 1 aliphatic rings. The summed E-state index contributed by atoms with van der Waals surface area (Å²) >= 11 is 0. The molecule has 1 heterocycles. The highest BCUT2D eigenvalue weighted by molar-refractivity contribution is 5.85. The molecule has 0 aliphatic carbocycles. The van der Waals surface area contributed by atoms with E-state index in [4.69, 9.17) is 0 Å². The molecule has 1 fully saturated rings. The van der Waals surface area contributed by atoms with Crippen molar-refractivity contribution in [1.29, 1.82) is 0 Å². The highest BCUT2D eigenvalue weighted by Gasteiger charge is 2.27. The van der Waals surface area contributed by atoms with Gasteiger partial charge in [-0.05, 0) is 18.9 Å². The quantitative estimate of drug-likeness (QED) is 0.511. The van der Waals surface area contributed by atoms with Crippen molar-refractivity contribution in [3.8, 4) is 0 Å². The summed E-state index contributed by atoms with van der Waals surface area (Å²) in [6.07, 6.45) is 1.17. The van der Waals surface area contributed by atoms with E-state index in [0.717, 1.165) is 6.54 Å². The smallest absolute Gasteiger partial charge is 0.00670 e. The van der Waals surface area contributed by atoms with Crippen LogP contribution in [0.1, 0.15) is 20.3 Å². The van der Waals surface area contributed by atoms with Crippen molar-refractivity contribution in [2.24, 2.45) is 5.41 Å². The maximum absolute atomic E-state index is 4.07. The van der Waals surface area contributed by atoms with Gasteiger partial charge in [0.25, 0.3) is 0 Å². The molecule has 1 saturated heterocycles. The molecule has 11 heavy (non-hydrogen) atoms. The molecule has 0 radical (unpaired) electrons. The van der Waals surface area contributed by atoms with Crippen LogP contribution in [0.5, 0.6) is 0 Å². The van der Waals surface area contributed by atoms with Crippen LogP contribution >= 0.6 is 12.4 Å². The van der Waals surface area contributed by atoms with Gasteiger partial charge in [-0.15, -0.1) is 12.4 Å². The molecule has 66 valence electrons. The highest BCUT2D eigenvalue weighted by atomic mass is 35.5. The van der Waals surface area contributed by atoms with Gasteiger partial charge in [-0.2, -0.15) is 0 Å². The van der Waals surface area contributed by atoms with Crippen LogP contribution in [0.3, 0.4) is 0 Å². The average molecular weight is 176 g/mol. The molecule has 0 unspecified atom stereocenters. The van der Waals surface area contributed by atoms with Crippen molar-refractivity contribution in [2.45, 2.75) is 20.3 Å². The Hall–Kier alpha value is -0.0100. The van der Waals surface area contributed by atoms with E-state index < -0.39 is 0 Å². The van der Waals surface area contributed by atoms with Crippen LogP contribution in [0.15, 0.2) is 12.2 Å². The van der Waals surface area contributed by atoms with Gasteiger partial charge in [-0.25, -0.2) is 0 Å². The van der Waals surface area contributed by atoms with Crippen LogP contribution in [0.2, 0.25) is 0 Å². The first-order valence-electron chi connectivity index (χ1n) is 3.89. The maximum atomic E-state index is 4.07. The van der Waals surface area contributed by atoms with Crippen LogP contribution in [-0.4, -0.2) is 25.0 Å². The topological polar surface area (TPSA) is 3.24 Å². The molecule has 1 nitrogen and oxygen atoms in total. The SMILES string of the molecule is C=C1CCN(C)CC1(C)C.Cl. The Morgan fingerprint density at radius 3 is 2.36 bits per heavy atom. The van der Waals surface area contributed by atoms with Gasteiger partial charge in [0, 0.05) is 13.1 Å². The van der Waals surface area contributed by atoms with E-state index in [1.165, 1.54) is 18.5 Å². The third-order valence-electron chi connectivity index (χ3n) is 2.42. The molecule has 0 amide bonds. The van der Waals surface area contributed by atoms with E-state index in [9.17, 15) is 0 Å². The summed E-state index contributed by atoms with van der Waals surface area (Å²) in [5, 5.41) is 0. The fourth-order valence-electron chi connectivity index (χ4n) is 1.53. The predicted molar refractivity (Wildman–Crippen MR) is 52.3 cm³/mol. The molecule has 1 aliphatic heterocycles. The van der Waals surface area contributed by atoms with Crippen LogP contribution in [-0.2, 0) is 0 Å². The normalized spacial score (nSPS) is 24.5. The number of likely N-dealkylation sites (tertiary alicyclic amines) is 1. The largest absolute Gasteiger partial charge is 0.305 e. The molecule has 1 rings (SSSR count). The molecule has 0 spiro atoms. The predicted octanol–water partition coefficient (Wildman–Crippen LogP) is 2.33. The van der Waals surface area contributed by atoms with E-state index in [2.05, 4.69) is 32.4 Å². The maximum Gasteiger partial charge on any atom is 0.00670 e. The third-order valence-corrected chi connectivity index (χ3v) is 2.42. The fourth-order valence-corrected chi connectivity index (χ4v) is 1.53. The second-order valence-electron chi connectivity index (χ2n) is 3.98. The van der Waals surface area contributed by atoms with Gasteiger partial charge < -0.3 is 4.90 Å². The summed E-state index contributed by atoms with van der Waals surface area (Å²) in [4.78, 5) is 2.37. The molecular formula is C9H18ClN. The van der Waals surface area contributed by atoms with Crippen LogP contribution in [0.25, 0.3) is 0 Å². The molecule has 0 aromatic carbocycles. The minimum absolute atomic E-state index is 0. The molecular weight excluding hydrogens is 158 g/mol. The summed E-state index contributed by atoms with van der Waals surface area (Å²) in [7, 11) is 2.17. The van der Waals surface area contributed by atoms with Crippen molar-refractivity contribution in [1.82, 2.24) is 4.90 Å². The fraction of sp³-hybridized carbons (Fsp3) is 0.778. The first-order chi connectivity index (χ1) is 4.52. The van der Waals surface area contributed by atoms with Crippen molar-refractivity contribution in [3.63, 3.8) is 0 Å². The number of hydrogen-bond acceptors (Lipinski definition) is 1. The molecule has 0 N–H and O–H groups in total. The Kier molecular flexibility index (Phi) is 3.59. The van der Waals surface area contributed by atoms with Gasteiger partial charge in [0.2, 0.25) is 0 Å². The number of nitrogens with zero attached hydrogens (tertiary/aromatic N) is 1. The Morgan fingerprint density at radius 2 is 2.00 bits per heavy atom. The zero-order chi connectivity index (χ0) is 7.78. The lowest BCUT2D eigenvalue weighted by Crippen LogP contribution is -2.38.